The molecule has 0 fully saturated rings. The Morgan fingerprint density at radius 2 is 1.87 bits per heavy atom. The lowest BCUT2D eigenvalue weighted by Gasteiger charge is -2.20. The van der Waals surface area contributed by atoms with Crippen molar-refractivity contribution in [2.24, 2.45) is 4.99 Å². The minimum Gasteiger partial charge on any atom is -0.391 e. The third kappa shape index (κ3) is 5.22. The van der Waals surface area contributed by atoms with Crippen LogP contribution in [0.1, 0.15) is 26.7 Å². The van der Waals surface area contributed by atoms with E-state index >= 15 is 0 Å². The van der Waals surface area contributed by atoms with E-state index in [-0.39, 0.29) is 5.71 Å². The van der Waals surface area contributed by atoms with E-state index in [1.807, 2.05) is 6.92 Å². The molecule has 0 heterocycles. The first-order chi connectivity index (χ1) is 7.04. The highest BCUT2D eigenvalue weighted by Gasteiger charge is 2.25. The summed E-state index contributed by atoms with van der Waals surface area (Å²) in [6, 6.07) is 0. The van der Waals surface area contributed by atoms with Crippen LogP contribution >= 0.6 is 0 Å². The molecular formula is C10H21NO4. The topological polar surface area (TPSA) is 93.3 Å². The summed E-state index contributed by atoms with van der Waals surface area (Å²) in [6.07, 6.45) is -1.83. The molecule has 15 heavy (non-hydrogen) atoms. The first-order valence-corrected chi connectivity index (χ1v) is 5.22. The summed E-state index contributed by atoms with van der Waals surface area (Å²) < 4.78 is 0. The van der Waals surface area contributed by atoms with Gasteiger partial charge in [0.1, 0.15) is 12.2 Å². The molecule has 4 N–H and O–H groups in total. The average molecular weight is 219 g/mol. The summed E-state index contributed by atoms with van der Waals surface area (Å²) >= 11 is 0. The van der Waals surface area contributed by atoms with Crippen molar-refractivity contribution in [1.82, 2.24) is 0 Å². The van der Waals surface area contributed by atoms with Crippen molar-refractivity contribution in [3.05, 3.63) is 0 Å². The third-order valence-electron chi connectivity index (χ3n) is 2.15. The van der Waals surface area contributed by atoms with Crippen LogP contribution in [0.4, 0.5) is 0 Å². The fraction of sp³-hybridized carbons (Fsp3) is 0.900. The van der Waals surface area contributed by atoms with Gasteiger partial charge < -0.3 is 20.4 Å². The van der Waals surface area contributed by atoms with Gasteiger partial charge in [-0.05, 0) is 13.3 Å². The molecule has 0 aliphatic rings. The van der Waals surface area contributed by atoms with E-state index < -0.39 is 24.9 Å². The number of aliphatic hydroxyl groups is 4. The molecule has 3 atom stereocenters. The van der Waals surface area contributed by atoms with Crippen LogP contribution in [0.3, 0.4) is 0 Å². The SMILES string of the molecule is CCCC/N=C(/CO)[C@@H](O)[C@H](O)[C@H](C)O. The molecule has 90 valence electrons. The van der Waals surface area contributed by atoms with Crippen molar-refractivity contribution in [2.75, 3.05) is 13.2 Å². The summed E-state index contributed by atoms with van der Waals surface area (Å²) in [7, 11) is 0. The molecule has 5 heteroatoms. The van der Waals surface area contributed by atoms with E-state index in [2.05, 4.69) is 4.99 Å². The number of nitrogens with zero attached hydrogens (tertiary/aromatic N) is 1. The van der Waals surface area contributed by atoms with Gasteiger partial charge in [0.05, 0.1) is 18.4 Å². The lowest BCUT2D eigenvalue weighted by atomic mass is 10.1. The van der Waals surface area contributed by atoms with Gasteiger partial charge in [-0.25, -0.2) is 0 Å². The monoisotopic (exact) mass is 219 g/mol. The minimum atomic E-state index is -1.31. The average Bonchev–Trinajstić information content (AvgIpc) is 2.22. The van der Waals surface area contributed by atoms with E-state index in [4.69, 9.17) is 10.2 Å². The highest BCUT2D eigenvalue weighted by Crippen LogP contribution is 2.03. The maximum Gasteiger partial charge on any atom is 0.122 e. The predicted molar refractivity (Wildman–Crippen MR) is 58.0 cm³/mol. The Morgan fingerprint density at radius 1 is 1.27 bits per heavy atom. The van der Waals surface area contributed by atoms with Crippen molar-refractivity contribution in [3.8, 4) is 0 Å². The summed E-state index contributed by atoms with van der Waals surface area (Å²) in [5, 5.41) is 36.9. The lowest BCUT2D eigenvalue weighted by Crippen LogP contribution is -2.42. The van der Waals surface area contributed by atoms with Crippen LogP contribution in [0.2, 0.25) is 0 Å². The summed E-state index contributed by atoms with van der Waals surface area (Å²) in [4.78, 5) is 3.98. The highest BCUT2D eigenvalue weighted by molar-refractivity contribution is 5.90. The van der Waals surface area contributed by atoms with Gasteiger partial charge in [-0.2, -0.15) is 0 Å². The van der Waals surface area contributed by atoms with Crippen LogP contribution in [0.15, 0.2) is 4.99 Å². The molecule has 0 aliphatic carbocycles. The van der Waals surface area contributed by atoms with E-state index in [0.29, 0.717) is 6.54 Å². The van der Waals surface area contributed by atoms with Gasteiger partial charge in [0.15, 0.2) is 0 Å². The normalized spacial score (nSPS) is 18.7. The van der Waals surface area contributed by atoms with Gasteiger partial charge in [-0.3, -0.25) is 4.99 Å². The summed E-state index contributed by atoms with van der Waals surface area (Å²) in [5.41, 5.74) is 0.122. The number of rotatable bonds is 7. The number of hydrogen-bond donors (Lipinski definition) is 4. The van der Waals surface area contributed by atoms with Crippen LogP contribution in [-0.2, 0) is 0 Å². The number of unbranched alkanes of at least 4 members (excludes halogenated alkanes) is 1. The second-order valence-electron chi connectivity index (χ2n) is 3.56. The molecule has 0 spiro atoms. The van der Waals surface area contributed by atoms with Gasteiger partial charge in [-0.15, -0.1) is 0 Å². The minimum absolute atomic E-state index is 0.122. The second-order valence-corrected chi connectivity index (χ2v) is 3.56. The van der Waals surface area contributed by atoms with Gasteiger partial charge in [-0.1, -0.05) is 13.3 Å². The molecule has 0 unspecified atom stereocenters. The summed E-state index contributed by atoms with van der Waals surface area (Å²) in [5.74, 6) is 0. The van der Waals surface area contributed by atoms with Crippen LogP contribution in [0, 0.1) is 0 Å². The van der Waals surface area contributed by atoms with Gasteiger partial charge >= 0.3 is 0 Å². The predicted octanol–water partition coefficient (Wildman–Crippen LogP) is -0.678. The molecule has 5 nitrogen and oxygen atoms in total. The van der Waals surface area contributed by atoms with E-state index in [0.717, 1.165) is 12.8 Å². The highest BCUT2D eigenvalue weighted by atomic mass is 16.4. The molecule has 0 bridgehead atoms. The Morgan fingerprint density at radius 3 is 2.27 bits per heavy atom. The largest absolute Gasteiger partial charge is 0.391 e. The smallest absolute Gasteiger partial charge is 0.122 e. The van der Waals surface area contributed by atoms with Crippen molar-refractivity contribution in [2.45, 2.75) is 45.0 Å². The zero-order valence-corrected chi connectivity index (χ0v) is 9.30. The quantitative estimate of drug-likeness (QED) is 0.337. The second kappa shape index (κ2) is 7.76. The lowest BCUT2D eigenvalue weighted by molar-refractivity contribution is -0.0271. The zero-order valence-electron chi connectivity index (χ0n) is 9.30. The molecule has 0 radical (unpaired) electrons. The van der Waals surface area contributed by atoms with Gasteiger partial charge in [0.2, 0.25) is 0 Å². The van der Waals surface area contributed by atoms with Gasteiger partial charge in [0.25, 0.3) is 0 Å². The van der Waals surface area contributed by atoms with Crippen LogP contribution < -0.4 is 0 Å². The van der Waals surface area contributed by atoms with Crippen LogP contribution in [0.25, 0.3) is 0 Å². The molecular weight excluding hydrogens is 198 g/mol. The van der Waals surface area contributed by atoms with Crippen molar-refractivity contribution in [1.29, 1.82) is 0 Å². The number of aliphatic hydroxyl groups excluding tert-OH is 4. The van der Waals surface area contributed by atoms with Crippen molar-refractivity contribution in [3.63, 3.8) is 0 Å². The summed E-state index contributed by atoms with van der Waals surface area (Å²) in [6.45, 7) is 3.48. The Hall–Kier alpha value is -0.490. The molecule has 0 aromatic rings. The standard InChI is InChI=1S/C10H21NO4/c1-3-4-5-11-8(6-12)10(15)9(14)7(2)13/h7,9-10,12-15H,3-6H2,1-2H3/b11-8-/t7-,9+,10+/m0/s1. The van der Waals surface area contributed by atoms with Crippen molar-refractivity contribution >= 4 is 5.71 Å². The fourth-order valence-electron chi connectivity index (χ4n) is 1.08. The van der Waals surface area contributed by atoms with E-state index in [9.17, 15) is 10.2 Å². The molecule has 0 aliphatic heterocycles. The Kier molecular flexibility index (Phi) is 7.50. The van der Waals surface area contributed by atoms with E-state index in [1.54, 1.807) is 0 Å². The first-order valence-electron chi connectivity index (χ1n) is 5.22. The maximum absolute atomic E-state index is 9.55. The Labute approximate surface area is 90.1 Å². The van der Waals surface area contributed by atoms with Crippen LogP contribution in [0.5, 0.6) is 0 Å². The first kappa shape index (κ1) is 14.5. The van der Waals surface area contributed by atoms with Gasteiger partial charge in [0, 0.05) is 6.54 Å². The number of aliphatic imine (C=N–C) groups is 1. The van der Waals surface area contributed by atoms with E-state index in [1.165, 1.54) is 6.92 Å². The Bertz CT molecular complexity index is 194. The molecule has 0 rings (SSSR count). The third-order valence-corrected chi connectivity index (χ3v) is 2.15. The van der Waals surface area contributed by atoms with Crippen molar-refractivity contribution < 1.29 is 20.4 Å². The maximum atomic E-state index is 9.55. The Balaban J connectivity index is 4.32. The molecule has 0 amide bonds. The molecule has 0 saturated carbocycles. The zero-order chi connectivity index (χ0) is 11.8. The molecule has 0 saturated heterocycles. The van der Waals surface area contributed by atoms with Crippen LogP contribution in [-0.4, -0.2) is 57.6 Å². The number of hydrogen-bond acceptors (Lipinski definition) is 5. The fourth-order valence-corrected chi connectivity index (χ4v) is 1.08. The molecule has 0 aromatic heterocycles. The molecule has 0 aromatic carbocycles.